The second kappa shape index (κ2) is 16.7. The Bertz CT molecular complexity index is 1030. The Hall–Kier alpha value is -2.44. The molecule has 10 atom stereocenters. The van der Waals surface area contributed by atoms with E-state index in [1.165, 1.54) is 7.11 Å². The number of aliphatic hydroxyl groups is 4. The first-order chi connectivity index (χ1) is 20.9. The minimum atomic E-state index is -1.62. The normalized spacial score (nSPS) is 32.5. The molecule has 0 aliphatic carbocycles. The molecule has 2 aliphatic rings. The SMILES string of the molecule is COC(=O)C1O[C@@H](OCCO[C@@H]2C(C(=O)OCc3ccc(OC)cc3)O[C@@H](OC(C)C)[C@@H](O)[C@H]2O)[C@@H](O)[C@@H](O)[C@@H]1OC(C)C. The molecule has 15 nitrogen and oxygen atoms in total. The van der Waals surface area contributed by atoms with Crippen LogP contribution in [-0.4, -0.2) is 133 Å². The van der Waals surface area contributed by atoms with Gasteiger partial charge in [-0.15, -0.1) is 0 Å². The first-order valence-electron chi connectivity index (χ1n) is 14.3. The number of carbonyl (C=O) groups excluding carboxylic acids is 2. The summed E-state index contributed by atoms with van der Waals surface area (Å²) in [5.74, 6) is -1.08. The second-order valence-corrected chi connectivity index (χ2v) is 10.8. The number of hydrogen-bond donors (Lipinski definition) is 4. The zero-order valence-corrected chi connectivity index (χ0v) is 25.6. The van der Waals surface area contributed by atoms with E-state index in [4.69, 9.17) is 42.6 Å². The molecule has 1 aromatic carbocycles. The van der Waals surface area contributed by atoms with Crippen molar-refractivity contribution in [3.63, 3.8) is 0 Å². The van der Waals surface area contributed by atoms with Crippen LogP contribution in [0.5, 0.6) is 5.75 Å². The highest BCUT2D eigenvalue weighted by Crippen LogP contribution is 2.28. The van der Waals surface area contributed by atoms with Crippen LogP contribution in [0.15, 0.2) is 24.3 Å². The summed E-state index contributed by atoms with van der Waals surface area (Å²) in [6.45, 7) is 6.05. The molecule has 44 heavy (non-hydrogen) atoms. The fourth-order valence-electron chi connectivity index (χ4n) is 4.65. The van der Waals surface area contributed by atoms with E-state index < -0.39 is 85.6 Å². The number of carbonyl (C=O) groups is 2. The third-order valence-electron chi connectivity index (χ3n) is 6.81. The Balaban J connectivity index is 1.64. The Morgan fingerprint density at radius 3 is 1.86 bits per heavy atom. The first kappa shape index (κ1) is 36.0. The molecule has 250 valence electrons. The van der Waals surface area contributed by atoms with Crippen molar-refractivity contribution in [2.75, 3.05) is 27.4 Å². The van der Waals surface area contributed by atoms with Crippen molar-refractivity contribution in [3.05, 3.63) is 29.8 Å². The molecule has 2 unspecified atom stereocenters. The highest BCUT2D eigenvalue weighted by molar-refractivity contribution is 5.76. The van der Waals surface area contributed by atoms with Crippen molar-refractivity contribution < 1.29 is 72.6 Å². The van der Waals surface area contributed by atoms with Gasteiger partial charge in [0.15, 0.2) is 24.8 Å². The molecule has 2 aliphatic heterocycles. The zero-order chi connectivity index (χ0) is 32.6. The summed E-state index contributed by atoms with van der Waals surface area (Å²) in [6, 6.07) is 6.83. The predicted molar refractivity (Wildman–Crippen MR) is 148 cm³/mol. The van der Waals surface area contributed by atoms with Gasteiger partial charge in [0.25, 0.3) is 0 Å². The van der Waals surface area contributed by atoms with Crippen molar-refractivity contribution in [2.24, 2.45) is 0 Å². The van der Waals surface area contributed by atoms with Gasteiger partial charge in [-0.3, -0.25) is 0 Å². The molecule has 2 heterocycles. The lowest BCUT2D eigenvalue weighted by molar-refractivity contribution is -0.316. The highest BCUT2D eigenvalue weighted by atomic mass is 16.7. The molecule has 0 spiro atoms. The lowest BCUT2D eigenvalue weighted by Gasteiger charge is -2.42. The van der Waals surface area contributed by atoms with Gasteiger partial charge in [0, 0.05) is 0 Å². The standard InChI is InChI=1S/C29H44O15/c1-14(2)41-23-19(31)20(32)28(43-25(23)26(34)37-6)39-12-11-38-22-18(30)21(33)29(42-15(3)4)44-24(22)27(35)40-13-16-7-9-17(36-5)10-8-16/h7-10,14-15,18-25,28-33H,11-13H2,1-6H3/t18-,19-,20+,21+,22+,23+,24?,25?,28-,29-/m1/s1. The Morgan fingerprint density at radius 2 is 1.27 bits per heavy atom. The van der Waals surface area contributed by atoms with E-state index in [9.17, 15) is 30.0 Å². The third kappa shape index (κ3) is 9.29. The molecule has 4 N–H and O–H groups in total. The van der Waals surface area contributed by atoms with Crippen molar-refractivity contribution in [3.8, 4) is 5.75 Å². The van der Waals surface area contributed by atoms with Gasteiger partial charge in [-0.05, 0) is 45.4 Å². The summed E-state index contributed by atoms with van der Waals surface area (Å²) in [5.41, 5.74) is 0.663. The Labute approximate surface area is 255 Å². The van der Waals surface area contributed by atoms with Gasteiger partial charge in [0.2, 0.25) is 0 Å². The largest absolute Gasteiger partial charge is 0.497 e. The van der Waals surface area contributed by atoms with Gasteiger partial charge in [-0.25, -0.2) is 9.59 Å². The fourth-order valence-corrected chi connectivity index (χ4v) is 4.65. The van der Waals surface area contributed by atoms with Crippen LogP contribution in [0, 0.1) is 0 Å². The third-order valence-corrected chi connectivity index (χ3v) is 6.81. The molecule has 2 fully saturated rings. The zero-order valence-electron chi connectivity index (χ0n) is 25.6. The molecule has 0 amide bonds. The summed E-state index contributed by atoms with van der Waals surface area (Å²) in [4.78, 5) is 25.4. The number of ether oxygens (including phenoxy) is 9. The summed E-state index contributed by atoms with van der Waals surface area (Å²) < 4.78 is 48.9. The van der Waals surface area contributed by atoms with Gasteiger partial charge in [0.1, 0.15) is 49.0 Å². The van der Waals surface area contributed by atoms with Crippen molar-refractivity contribution in [1.29, 1.82) is 0 Å². The van der Waals surface area contributed by atoms with Crippen LogP contribution in [-0.2, 0) is 54.1 Å². The van der Waals surface area contributed by atoms with Crippen LogP contribution in [0.3, 0.4) is 0 Å². The van der Waals surface area contributed by atoms with Crippen LogP contribution in [0.4, 0.5) is 0 Å². The van der Waals surface area contributed by atoms with Crippen LogP contribution in [0.1, 0.15) is 33.3 Å². The molecule has 15 heteroatoms. The van der Waals surface area contributed by atoms with Crippen LogP contribution < -0.4 is 4.74 Å². The maximum atomic E-state index is 13.1. The molecule has 0 saturated carbocycles. The molecule has 0 bridgehead atoms. The fraction of sp³-hybridized carbons (Fsp3) is 0.724. The van der Waals surface area contributed by atoms with Gasteiger partial charge in [0.05, 0.1) is 39.6 Å². The Kier molecular flexibility index (Phi) is 13.7. The monoisotopic (exact) mass is 632 g/mol. The molecular weight excluding hydrogens is 588 g/mol. The smallest absolute Gasteiger partial charge is 0.338 e. The van der Waals surface area contributed by atoms with E-state index in [-0.39, 0.29) is 19.8 Å². The predicted octanol–water partition coefficient (Wildman–Crippen LogP) is -0.575. The molecule has 3 rings (SSSR count). The van der Waals surface area contributed by atoms with E-state index in [0.29, 0.717) is 11.3 Å². The maximum Gasteiger partial charge on any atom is 0.338 e. The molecule has 0 aromatic heterocycles. The minimum absolute atomic E-state index is 0.116. The summed E-state index contributed by atoms with van der Waals surface area (Å²) in [6.07, 6.45) is -15.5. The average Bonchev–Trinajstić information content (AvgIpc) is 2.99. The van der Waals surface area contributed by atoms with Gasteiger partial charge >= 0.3 is 11.9 Å². The highest BCUT2D eigenvalue weighted by Gasteiger charge is 2.51. The van der Waals surface area contributed by atoms with Crippen LogP contribution in [0.2, 0.25) is 0 Å². The van der Waals surface area contributed by atoms with Crippen molar-refractivity contribution in [2.45, 2.75) is 108 Å². The lowest BCUT2D eigenvalue weighted by Crippen LogP contribution is -2.62. The lowest BCUT2D eigenvalue weighted by atomic mass is 9.98. The minimum Gasteiger partial charge on any atom is -0.497 e. The molecule has 1 aromatic rings. The number of aliphatic hydroxyl groups excluding tert-OH is 4. The van der Waals surface area contributed by atoms with E-state index in [2.05, 4.69) is 0 Å². The van der Waals surface area contributed by atoms with E-state index in [0.717, 1.165) is 7.11 Å². The number of esters is 2. The summed E-state index contributed by atoms with van der Waals surface area (Å²) >= 11 is 0. The first-order valence-corrected chi connectivity index (χ1v) is 14.3. The van der Waals surface area contributed by atoms with Gasteiger partial charge < -0.3 is 63.1 Å². The quantitative estimate of drug-likeness (QED) is 0.150. The van der Waals surface area contributed by atoms with E-state index in [1.807, 2.05) is 0 Å². The molecule has 0 radical (unpaired) electrons. The second-order valence-electron chi connectivity index (χ2n) is 10.8. The van der Waals surface area contributed by atoms with E-state index >= 15 is 0 Å². The maximum absolute atomic E-state index is 13.1. The van der Waals surface area contributed by atoms with Crippen LogP contribution >= 0.6 is 0 Å². The van der Waals surface area contributed by atoms with Gasteiger partial charge in [-0.2, -0.15) is 0 Å². The average molecular weight is 633 g/mol. The number of benzene rings is 1. The summed E-state index contributed by atoms with van der Waals surface area (Å²) in [5, 5.41) is 42.7. The number of rotatable bonds is 14. The van der Waals surface area contributed by atoms with Crippen molar-refractivity contribution >= 4 is 11.9 Å². The molecule has 2 saturated heterocycles. The number of hydrogen-bond acceptors (Lipinski definition) is 15. The topological polar surface area (TPSA) is 198 Å². The molecular formula is C29H44O15. The number of methoxy groups -OCH3 is 2. The summed E-state index contributed by atoms with van der Waals surface area (Å²) in [7, 11) is 2.67. The Morgan fingerprint density at radius 1 is 0.727 bits per heavy atom. The van der Waals surface area contributed by atoms with Crippen LogP contribution in [0.25, 0.3) is 0 Å². The van der Waals surface area contributed by atoms with Gasteiger partial charge in [-0.1, -0.05) is 12.1 Å². The van der Waals surface area contributed by atoms with Crippen molar-refractivity contribution in [1.82, 2.24) is 0 Å². The van der Waals surface area contributed by atoms with E-state index in [1.54, 1.807) is 52.0 Å².